The van der Waals surface area contributed by atoms with Crippen molar-refractivity contribution in [2.24, 2.45) is 5.92 Å². The molecule has 2 heterocycles. The van der Waals surface area contributed by atoms with E-state index >= 15 is 0 Å². The molecule has 1 aromatic heterocycles. The summed E-state index contributed by atoms with van der Waals surface area (Å²) in [6.45, 7) is 6.70. The number of rotatable bonds is 6. The molecule has 0 spiro atoms. The SMILES string of the molecule is CC(C)CNC1(Cc2cc(-c3ccc(F)cc3)on2)COC1. The van der Waals surface area contributed by atoms with Gasteiger partial charge in [-0.05, 0) is 36.7 Å². The summed E-state index contributed by atoms with van der Waals surface area (Å²) < 4.78 is 23.7. The molecule has 2 aromatic rings. The van der Waals surface area contributed by atoms with Crippen molar-refractivity contribution in [3.63, 3.8) is 0 Å². The molecular formula is C17H21FN2O2. The second-order valence-corrected chi connectivity index (χ2v) is 6.41. The van der Waals surface area contributed by atoms with Crippen LogP contribution in [0, 0.1) is 11.7 Å². The van der Waals surface area contributed by atoms with E-state index in [1.54, 1.807) is 12.1 Å². The molecule has 1 aromatic carbocycles. The summed E-state index contributed by atoms with van der Waals surface area (Å²) in [5, 5.41) is 7.73. The van der Waals surface area contributed by atoms with Gasteiger partial charge in [-0.3, -0.25) is 0 Å². The minimum Gasteiger partial charge on any atom is -0.377 e. The third-order valence-electron chi connectivity index (χ3n) is 3.85. The Balaban J connectivity index is 1.69. The van der Waals surface area contributed by atoms with Gasteiger partial charge in [0.25, 0.3) is 0 Å². The Morgan fingerprint density at radius 2 is 2.00 bits per heavy atom. The third kappa shape index (κ3) is 3.36. The van der Waals surface area contributed by atoms with Crippen LogP contribution in [0.15, 0.2) is 34.9 Å². The van der Waals surface area contributed by atoms with Crippen molar-refractivity contribution in [2.45, 2.75) is 25.8 Å². The van der Waals surface area contributed by atoms with Crippen LogP contribution in [-0.4, -0.2) is 30.5 Å². The van der Waals surface area contributed by atoms with Crippen LogP contribution in [0.1, 0.15) is 19.5 Å². The molecular weight excluding hydrogens is 283 g/mol. The minimum absolute atomic E-state index is 0.0405. The largest absolute Gasteiger partial charge is 0.377 e. The van der Waals surface area contributed by atoms with Gasteiger partial charge in [-0.15, -0.1) is 0 Å². The first-order valence-electron chi connectivity index (χ1n) is 7.61. The van der Waals surface area contributed by atoms with E-state index in [9.17, 15) is 4.39 Å². The van der Waals surface area contributed by atoms with Crippen LogP contribution in [0.2, 0.25) is 0 Å². The lowest BCUT2D eigenvalue weighted by Gasteiger charge is -2.42. The van der Waals surface area contributed by atoms with Crippen LogP contribution in [0.5, 0.6) is 0 Å². The number of halogens is 1. The van der Waals surface area contributed by atoms with Gasteiger partial charge in [0.15, 0.2) is 5.76 Å². The number of hydrogen-bond acceptors (Lipinski definition) is 4. The standard InChI is InChI=1S/C17H21FN2O2/c1-12(2)9-19-17(10-21-11-17)8-15-7-16(22-20-15)13-3-5-14(18)6-4-13/h3-7,12,19H,8-11H2,1-2H3. The monoisotopic (exact) mass is 304 g/mol. The van der Waals surface area contributed by atoms with Crippen molar-refractivity contribution in [2.75, 3.05) is 19.8 Å². The Morgan fingerprint density at radius 3 is 2.59 bits per heavy atom. The molecule has 0 bridgehead atoms. The van der Waals surface area contributed by atoms with Crippen LogP contribution in [-0.2, 0) is 11.2 Å². The Morgan fingerprint density at radius 1 is 1.27 bits per heavy atom. The van der Waals surface area contributed by atoms with Crippen molar-refractivity contribution < 1.29 is 13.7 Å². The average molecular weight is 304 g/mol. The quantitative estimate of drug-likeness (QED) is 0.891. The number of ether oxygens (including phenoxy) is 1. The van der Waals surface area contributed by atoms with Gasteiger partial charge in [-0.25, -0.2) is 4.39 Å². The number of aromatic nitrogens is 1. The fourth-order valence-electron chi connectivity index (χ4n) is 2.53. The molecule has 5 heteroatoms. The molecule has 1 fully saturated rings. The van der Waals surface area contributed by atoms with Gasteiger partial charge in [0, 0.05) is 18.1 Å². The minimum atomic E-state index is -0.257. The van der Waals surface area contributed by atoms with Crippen LogP contribution in [0.25, 0.3) is 11.3 Å². The predicted octanol–water partition coefficient (Wildman–Crippen LogP) is 3.04. The van der Waals surface area contributed by atoms with E-state index in [1.165, 1.54) is 12.1 Å². The smallest absolute Gasteiger partial charge is 0.167 e. The summed E-state index contributed by atoms with van der Waals surface area (Å²) in [4.78, 5) is 0. The summed E-state index contributed by atoms with van der Waals surface area (Å²) in [6, 6.07) is 8.15. The normalized spacial score (nSPS) is 16.7. The van der Waals surface area contributed by atoms with E-state index in [0.717, 1.165) is 24.2 Å². The van der Waals surface area contributed by atoms with Gasteiger partial charge in [0.1, 0.15) is 5.82 Å². The van der Waals surface area contributed by atoms with E-state index in [2.05, 4.69) is 24.3 Å². The molecule has 1 aliphatic rings. The average Bonchev–Trinajstić information content (AvgIpc) is 2.90. The molecule has 1 aliphatic heterocycles. The van der Waals surface area contributed by atoms with Crippen LogP contribution >= 0.6 is 0 Å². The highest BCUT2D eigenvalue weighted by Crippen LogP contribution is 2.26. The number of nitrogens with zero attached hydrogens (tertiary/aromatic N) is 1. The lowest BCUT2D eigenvalue weighted by Crippen LogP contribution is -2.62. The fraction of sp³-hybridized carbons (Fsp3) is 0.471. The van der Waals surface area contributed by atoms with E-state index in [-0.39, 0.29) is 11.4 Å². The van der Waals surface area contributed by atoms with Gasteiger partial charge in [0.2, 0.25) is 0 Å². The molecule has 1 saturated heterocycles. The Labute approximate surface area is 129 Å². The van der Waals surface area contributed by atoms with Crippen molar-refractivity contribution in [3.8, 4) is 11.3 Å². The highest BCUT2D eigenvalue weighted by atomic mass is 19.1. The first-order chi connectivity index (χ1) is 10.6. The van der Waals surface area contributed by atoms with Gasteiger partial charge in [-0.1, -0.05) is 19.0 Å². The first-order valence-corrected chi connectivity index (χ1v) is 7.61. The van der Waals surface area contributed by atoms with E-state index in [0.29, 0.717) is 24.9 Å². The highest BCUT2D eigenvalue weighted by Gasteiger charge is 2.39. The molecule has 4 nitrogen and oxygen atoms in total. The fourth-order valence-corrected chi connectivity index (χ4v) is 2.53. The van der Waals surface area contributed by atoms with Crippen molar-refractivity contribution in [1.29, 1.82) is 0 Å². The molecule has 0 unspecified atom stereocenters. The van der Waals surface area contributed by atoms with Crippen LogP contribution in [0.3, 0.4) is 0 Å². The van der Waals surface area contributed by atoms with Gasteiger partial charge >= 0.3 is 0 Å². The molecule has 0 saturated carbocycles. The summed E-state index contributed by atoms with van der Waals surface area (Å²) in [6.07, 6.45) is 0.768. The summed E-state index contributed by atoms with van der Waals surface area (Å²) in [5.74, 6) is 0.991. The zero-order valence-electron chi connectivity index (χ0n) is 12.9. The second-order valence-electron chi connectivity index (χ2n) is 6.41. The highest BCUT2D eigenvalue weighted by molar-refractivity contribution is 5.57. The molecule has 22 heavy (non-hydrogen) atoms. The third-order valence-corrected chi connectivity index (χ3v) is 3.85. The van der Waals surface area contributed by atoms with Gasteiger partial charge in [-0.2, -0.15) is 0 Å². The van der Waals surface area contributed by atoms with Crippen LogP contribution < -0.4 is 5.32 Å². The number of nitrogens with one attached hydrogen (secondary N) is 1. The zero-order valence-corrected chi connectivity index (χ0v) is 12.9. The Bertz CT molecular complexity index is 618. The van der Waals surface area contributed by atoms with Crippen molar-refractivity contribution >= 4 is 0 Å². The summed E-state index contributed by atoms with van der Waals surface area (Å²) in [7, 11) is 0. The van der Waals surface area contributed by atoms with E-state index < -0.39 is 0 Å². The Kier molecular flexibility index (Phi) is 4.27. The number of hydrogen-bond donors (Lipinski definition) is 1. The zero-order chi connectivity index (χ0) is 15.6. The second kappa shape index (κ2) is 6.18. The van der Waals surface area contributed by atoms with Crippen molar-refractivity contribution in [3.05, 3.63) is 41.8 Å². The molecule has 118 valence electrons. The van der Waals surface area contributed by atoms with Crippen LogP contribution in [0.4, 0.5) is 4.39 Å². The predicted molar refractivity (Wildman–Crippen MR) is 82.0 cm³/mol. The first kappa shape index (κ1) is 15.2. The van der Waals surface area contributed by atoms with E-state index in [1.807, 2.05) is 6.07 Å². The Hall–Kier alpha value is -1.72. The van der Waals surface area contributed by atoms with E-state index in [4.69, 9.17) is 9.26 Å². The molecule has 0 radical (unpaired) electrons. The van der Waals surface area contributed by atoms with Gasteiger partial charge in [0.05, 0.1) is 24.4 Å². The maximum absolute atomic E-state index is 13.0. The summed E-state index contributed by atoms with van der Waals surface area (Å²) in [5.41, 5.74) is 1.68. The maximum Gasteiger partial charge on any atom is 0.167 e. The molecule has 3 rings (SSSR count). The lowest BCUT2D eigenvalue weighted by molar-refractivity contribution is -0.0755. The molecule has 0 aliphatic carbocycles. The maximum atomic E-state index is 13.0. The summed E-state index contributed by atoms with van der Waals surface area (Å²) >= 11 is 0. The van der Waals surface area contributed by atoms with Crippen molar-refractivity contribution in [1.82, 2.24) is 10.5 Å². The molecule has 0 atom stereocenters. The van der Waals surface area contributed by atoms with Gasteiger partial charge < -0.3 is 14.6 Å². The molecule has 1 N–H and O–H groups in total. The number of benzene rings is 1. The molecule has 0 amide bonds. The lowest BCUT2D eigenvalue weighted by atomic mass is 9.90. The topological polar surface area (TPSA) is 47.3 Å².